The topological polar surface area (TPSA) is 54.9 Å². The number of hydrogen-bond acceptors (Lipinski definition) is 5. The number of nitrogens with one attached hydrogen (secondary N) is 1. The zero-order valence-electron chi connectivity index (χ0n) is 12.8. The van der Waals surface area contributed by atoms with E-state index in [-0.39, 0.29) is 5.91 Å². The van der Waals surface area contributed by atoms with Gasteiger partial charge in [-0.25, -0.2) is 9.97 Å². The van der Waals surface area contributed by atoms with Gasteiger partial charge in [-0.05, 0) is 44.2 Å². The quantitative estimate of drug-likeness (QED) is 0.794. The minimum atomic E-state index is -0.0193. The van der Waals surface area contributed by atoms with E-state index in [4.69, 9.17) is 0 Å². The highest BCUT2D eigenvalue weighted by Crippen LogP contribution is 2.31. The Hall–Kier alpha value is -1.79. The minimum absolute atomic E-state index is 0.0193. The third-order valence-electron chi connectivity index (χ3n) is 3.53. The molecule has 0 aliphatic carbocycles. The Labute approximate surface area is 137 Å². The minimum Gasteiger partial charge on any atom is -0.351 e. The molecule has 0 saturated carbocycles. The fourth-order valence-electron chi connectivity index (χ4n) is 2.52. The normalized spacial score (nSPS) is 11.0. The summed E-state index contributed by atoms with van der Waals surface area (Å²) in [7, 11) is 0. The zero-order valence-corrected chi connectivity index (χ0v) is 14.4. The molecule has 4 nitrogen and oxygen atoms in total. The Kier molecular flexibility index (Phi) is 4.22. The number of amides is 1. The molecular formula is C16H17N3OS2. The van der Waals surface area contributed by atoms with Crippen LogP contribution in [0.4, 0.5) is 0 Å². The molecule has 0 aliphatic heterocycles. The number of rotatable bonds is 4. The molecule has 1 N–H and O–H groups in total. The van der Waals surface area contributed by atoms with Crippen molar-refractivity contribution in [3.8, 4) is 0 Å². The monoisotopic (exact) mass is 331 g/mol. The van der Waals surface area contributed by atoms with Crippen molar-refractivity contribution in [2.45, 2.75) is 27.2 Å². The number of carbonyl (C=O) groups is 1. The van der Waals surface area contributed by atoms with E-state index in [1.54, 1.807) is 11.3 Å². The van der Waals surface area contributed by atoms with Crippen molar-refractivity contribution in [2.24, 2.45) is 0 Å². The molecule has 0 fully saturated rings. The number of carbonyl (C=O) groups excluding carboxylic acids is 1. The first kappa shape index (κ1) is 15.1. The summed E-state index contributed by atoms with van der Waals surface area (Å²) in [6.07, 6.45) is 0.866. The van der Waals surface area contributed by atoms with Crippen LogP contribution in [0, 0.1) is 20.8 Å². The van der Waals surface area contributed by atoms with Crippen LogP contribution < -0.4 is 5.32 Å². The van der Waals surface area contributed by atoms with Crippen molar-refractivity contribution in [1.29, 1.82) is 0 Å². The van der Waals surface area contributed by atoms with Crippen LogP contribution in [0.2, 0.25) is 0 Å². The average Bonchev–Trinajstić information content (AvgIpc) is 3.06. The van der Waals surface area contributed by atoms with Gasteiger partial charge in [0.05, 0.1) is 4.88 Å². The summed E-state index contributed by atoms with van der Waals surface area (Å²) in [5, 5.41) is 6.07. The summed E-state index contributed by atoms with van der Waals surface area (Å²) in [5.41, 5.74) is 1.92. The first-order chi connectivity index (χ1) is 10.6. The van der Waals surface area contributed by atoms with Crippen LogP contribution in [0.3, 0.4) is 0 Å². The van der Waals surface area contributed by atoms with Crippen molar-refractivity contribution in [3.63, 3.8) is 0 Å². The van der Waals surface area contributed by atoms with E-state index < -0.39 is 0 Å². The highest BCUT2D eigenvalue weighted by atomic mass is 32.1. The average molecular weight is 331 g/mol. The van der Waals surface area contributed by atoms with E-state index in [1.807, 2.05) is 26.8 Å². The van der Waals surface area contributed by atoms with Gasteiger partial charge >= 0.3 is 0 Å². The van der Waals surface area contributed by atoms with Crippen LogP contribution in [0.5, 0.6) is 0 Å². The van der Waals surface area contributed by atoms with Crippen LogP contribution in [0.15, 0.2) is 17.5 Å². The zero-order chi connectivity index (χ0) is 15.7. The second-order valence-electron chi connectivity index (χ2n) is 5.18. The van der Waals surface area contributed by atoms with E-state index in [1.165, 1.54) is 16.2 Å². The molecule has 0 unspecified atom stereocenters. The van der Waals surface area contributed by atoms with Crippen molar-refractivity contribution in [1.82, 2.24) is 15.3 Å². The van der Waals surface area contributed by atoms with E-state index in [2.05, 4.69) is 26.7 Å². The summed E-state index contributed by atoms with van der Waals surface area (Å²) in [6.45, 7) is 6.47. The van der Waals surface area contributed by atoms with E-state index >= 15 is 0 Å². The molecule has 0 radical (unpaired) electrons. The third kappa shape index (κ3) is 2.89. The Morgan fingerprint density at radius 1 is 1.27 bits per heavy atom. The third-order valence-corrected chi connectivity index (χ3v) is 5.65. The molecule has 0 bridgehead atoms. The van der Waals surface area contributed by atoms with E-state index in [9.17, 15) is 4.79 Å². The van der Waals surface area contributed by atoms with Gasteiger partial charge in [0.2, 0.25) is 0 Å². The number of thiophene rings is 2. The molecule has 0 aliphatic rings. The van der Waals surface area contributed by atoms with E-state index in [0.29, 0.717) is 6.54 Å². The van der Waals surface area contributed by atoms with Crippen LogP contribution in [-0.4, -0.2) is 22.4 Å². The first-order valence-corrected chi connectivity index (χ1v) is 8.81. The number of hydrogen-bond donors (Lipinski definition) is 1. The van der Waals surface area contributed by atoms with Crippen molar-refractivity contribution in [2.75, 3.05) is 6.54 Å². The smallest absolute Gasteiger partial charge is 0.261 e. The Balaban J connectivity index is 1.79. The summed E-state index contributed by atoms with van der Waals surface area (Å²) in [4.78, 5) is 24.2. The Morgan fingerprint density at radius 3 is 2.82 bits per heavy atom. The van der Waals surface area contributed by atoms with Gasteiger partial charge in [0, 0.05) is 22.5 Å². The van der Waals surface area contributed by atoms with Crippen LogP contribution in [-0.2, 0) is 6.42 Å². The number of nitrogens with zero attached hydrogens (tertiary/aromatic N) is 2. The van der Waals surface area contributed by atoms with Crippen LogP contribution >= 0.6 is 22.7 Å². The van der Waals surface area contributed by atoms with Crippen LogP contribution in [0.1, 0.15) is 31.6 Å². The first-order valence-electron chi connectivity index (χ1n) is 7.11. The highest BCUT2D eigenvalue weighted by molar-refractivity contribution is 7.20. The molecule has 0 aromatic carbocycles. The van der Waals surface area contributed by atoms with Gasteiger partial charge < -0.3 is 5.32 Å². The molecule has 22 heavy (non-hydrogen) atoms. The molecule has 1 amide bonds. The Morgan fingerprint density at radius 2 is 2.09 bits per heavy atom. The van der Waals surface area contributed by atoms with Gasteiger partial charge in [0.25, 0.3) is 5.91 Å². The second-order valence-corrected chi connectivity index (χ2v) is 7.21. The molecular weight excluding hydrogens is 314 g/mol. The van der Waals surface area contributed by atoms with Crippen molar-refractivity contribution in [3.05, 3.63) is 44.3 Å². The predicted octanol–water partition coefficient (Wildman–Crippen LogP) is 3.65. The van der Waals surface area contributed by atoms with Gasteiger partial charge in [-0.3, -0.25) is 4.79 Å². The SMILES string of the molecule is Cc1nc(C)c2c(C)c(C(=O)NCCc3cccs3)sc2n1. The molecule has 3 aromatic rings. The maximum Gasteiger partial charge on any atom is 0.261 e. The number of aromatic nitrogens is 2. The molecule has 0 spiro atoms. The van der Waals surface area contributed by atoms with Gasteiger partial charge in [-0.1, -0.05) is 6.07 Å². The number of fused-ring (bicyclic) bond motifs is 1. The summed E-state index contributed by atoms with van der Waals surface area (Å²) >= 11 is 3.16. The van der Waals surface area contributed by atoms with Gasteiger partial charge in [-0.2, -0.15) is 0 Å². The maximum atomic E-state index is 12.4. The molecule has 3 heterocycles. The van der Waals surface area contributed by atoms with Crippen molar-refractivity contribution >= 4 is 38.8 Å². The fourth-order valence-corrected chi connectivity index (χ4v) is 4.43. The lowest BCUT2D eigenvalue weighted by Crippen LogP contribution is -2.25. The fraction of sp³-hybridized carbons (Fsp3) is 0.312. The Bertz CT molecular complexity index is 822. The molecule has 0 saturated heterocycles. The van der Waals surface area contributed by atoms with E-state index in [0.717, 1.165) is 38.6 Å². The lowest BCUT2D eigenvalue weighted by molar-refractivity contribution is 0.0958. The van der Waals surface area contributed by atoms with Gasteiger partial charge in [0.1, 0.15) is 10.7 Å². The van der Waals surface area contributed by atoms with Gasteiger partial charge in [-0.15, -0.1) is 22.7 Å². The molecule has 3 aromatic heterocycles. The van der Waals surface area contributed by atoms with Gasteiger partial charge in [0.15, 0.2) is 0 Å². The largest absolute Gasteiger partial charge is 0.351 e. The standard InChI is InChI=1S/C16H17N3OS2/c1-9-13-10(2)18-11(3)19-16(13)22-14(9)15(20)17-7-6-12-5-4-8-21-12/h4-5,8H,6-7H2,1-3H3,(H,17,20). The van der Waals surface area contributed by atoms with Crippen molar-refractivity contribution < 1.29 is 4.79 Å². The molecule has 6 heteroatoms. The molecule has 0 atom stereocenters. The summed E-state index contributed by atoms with van der Waals surface area (Å²) in [6, 6.07) is 4.12. The lowest BCUT2D eigenvalue weighted by Gasteiger charge is -2.03. The lowest BCUT2D eigenvalue weighted by atomic mass is 10.1. The summed E-state index contributed by atoms with van der Waals surface area (Å²) in [5.74, 6) is 0.727. The highest BCUT2D eigenvalue weighted by Gasteiger charge is 2.18. The number of aryl methyl sites for hydroxylation is 3. The molecule has 3 rings (SSSR count). The maximum absolute atomic E-state index is 12.4. The molecule has 114 valence electrons. The predicted molar refractivity (Wildman–Crippen MR) is 92.0 cm³/mol. The van der Waals surface area contributed by atoms with Crippen LogP contribution in [0.25, 0.3) is 10.2 Å². The second kappa shape index (κ2) is 6.14. The summed E-state index contributed by atoms with van der Waals surface area (Å²) < 4.78 is 0.